The van der Waals surface area contributed by atoms with Crippen LogP contribution in [0.3, 0.4) is 0 Å². The molecule has 2 amide bonds. The SMILES string of the molecule is CN1C(=O)C(C)(C)C(=O)N(C)C1=CC#N. The first-order chi connectivity index (χ1) is 6.84. The summed E-state index contributed by atoms with van der Waals surface area (Å²) >= 11 is 0. The van der Waals surface area contributed by atoms with Crippen LogP contribution < -0.4 is 0 Å². The molecule has 0 unspecified atom stereocenters. The third kappa shape index (κ3) is 1.48. The normalized spacial score (nSPS) is 20.3. The zero-order chi connectivity index (χ0) is 11.8. The molecule has 1 rings (SSSR count). The van der Waals surface area contributed by atoms with Crippen molar-refractivity contribution >= 4 is 11.8 Å². The summed E-state index contributed by atoms with van der Waals surface area (Å²) < 4.78 is 0. The Morgan fingerprint density at radius 3 is 1.93 bits per heavy atom. The molecule has 1 fully saturated rings. The van der Waals surface area contributed by atoms with Gasteiger partial charge in [-0.05, 0) is 13.8 Å². The van der Waals surface area contributed by atoms with Crippen LogP contribution in [-0.2, 0) is 9.59 Å². The average molecular weight is 207 g/mol. The number of carbonyl (C=O) groups is 2. The van der Waals surface area contributed by atoms with Crippen LogP contribution in [0.25, 0.3) is 0 Å². The molecule has 0 bridgehead atoms. The van der Waals surface area contributed by atoms with Gasteiger partial charge in [0.25, 0.3) is 0 Å². The molecule has 1 saturated heterocycles. The largest absolute Gasteiger partial charge is 0.300 e. The first-order valence-electron chi connectivity index (χ1n) is 4.50. The number of amides is 2. The Balaban J connectivity index is 3.24. The Labute approximate surface area is 88.6 Å². The summed E-state index contributed by atoms with van der Waals surface area (Å²) in [5, 5.41) is 8.55. The molecule has 0 radical (unpaired) electrons. The lowest BCUT2D eigenvalue weighted by Crippen LogP contribution is -2.56. The third-order valence-electron chi connectivity index (χ3n) is 2.56. The molecular formula is C10H13N3O2. The van der Waals surface area contributed by atoms with E-state index < -0.39 is 5.41 Å². The molecule has 0 aliphatic carbocycles. The second kappa shape index (κ2) is 3.39. The van der Waals surface area contributed by atoms with Crippen LogP contribution in [0.4, 0.5) is 0 Å². The molecule has 1 aliphatic heterocycles. The maximum Gasteiger partial charge on any atom is 0.242 e. The molecule has 0 aromatic carbocycles. The van der Waals surface area contributed by atoms with Crippen molar-refractivity contribution in [2.45, 2.75) is 13.8 Å². The van der Waals surface area contributed by atoms with Gasteiger partial charge in [-0.15, -0.1) is 0 Å². The molecule has 0 saturated carbocycles. The highest BCUT2D eigenvalue weighted by atomic mass is 16.2. The maximum atomic E-state index is 11.8. The van der Waals surface area contributed by atoms with E-state index in [1.807, 2.05) is 6.07 Å². The predicted octanol–water partition coefficient (Wildman–Crippen LogP) is 0.308. The minimum atomic E-state index is -1.06. The van der Waals surface area contributed by atoms with Gasteiger partial charge in [0.1, 0.15) is 11.2 Å². The van der Waals surface area contributed by atoms with Crippen molar-refractivity contribution in [3.8, 4) is 6.07 Å². The smallest absolute Gasteiger partial charge is 0.242 e. The first kappa shape index (κ1) is 11.2. The van der Waals surface area contributed by atoms with Gasteiger partial charge in [-0.25, -0.2) is 0 Å². The van der Waals surface area contributed by atoms with E-state index in [4.69, 9.17) is 5.26 Å². The van der Waals surface area contributed by atoms with E-state index >= 15 is 0 Å². The van der Waals surface area contributed by atoms with E-state index in [0.717, 1.165) is 0 Å². The lowest BCUT2D eigenvalue weighted by molar-refractivity contribution is -0.157. The number of hydrogen-bond acceptors (Lipinski definition) is 3. The van der Waals surface area contributed by atoms with Gasteiger partial charge in [0.05, 0.1) is 12.1 Å². The fourth-order valence-corrected chi connectivity index (χ4v) is 1.61. The van der Waals surface area contributed by atoms with Gasteiger partial charge in [0.15, 0.2) is 0 Å². The first-order valence-corrected chi connectivity index (χ1v) is 4.50. The third-order valence-corrected chi connectivity index (χ3v) is 2.56. The average Bonchev–Trinajstić information content (AvgIpc) is 2.20. The Morgan fingerprint density at radius 1 is 1.20 bits per heavy atom. The number of hydrogen-bond donors (Lipinski definition) is 0. The molecule has 15 heavy (non-hydrogen) atoms. The molecule has 0 N–H and O–H groups in total. The van der Waals surface area contributed by atoms with Crippen LogP contribution in [-0.4, -0.2) is 35.7 Å². The quantitative estimate of drug-likeness (QED) is 0.424. The summed E-state index contributed by atoms with van der Waals surface area (Å²) in [6.07, 6.45) is 1.19. The van der Waals surface area contributed by atoms with Crippen molar-refractivity contribution in [3.05, 3.63) is 11.9 Å². The molecular weight excluding hydrogens is 194 g/mol. The zero-order valence-electron chi connectivity index (χ0n) is 9.24. The topological polar surface area (TPSA) is 64.4 Å². The van der Waals surface area contributed by atoms with Crippen molar-refractivity contribution in [3.63, 3.8) is 0 Å². The van der Waals surface area contributed by atoms with E-state index in [0.29, 0.717) is 5.82 Å². The van der Waals surface area contributed by atoms with Gasteiger partial charge in [0.2, 0.25) is 11.8 Å². The predicted molar refractivity (Wildman–Crippen MR) is 53.0 cm³/mol. The van der Waals surface area contributed by atoms with E-state index in [1.54, 1.807) is 27.9 Å². The number of nitriles is 1. The van der Waals surface area contributed by atoms with Gasteiger partial charge in [-0.1, -0.05) is 0 Å². The molecule has 80 valence electrons. The van der Waals surface area contributed by atoms with Crippen molar-refractivity contribution < 1.29 is 9.59 Å². The molecule has 0 spiro atoms. The zero-order valence-corrected chi connectivity index (χ0v) is 9.24. The van der Waals surface area contributed by atoms with E-state index in [2.05, 4.69) is 0 Å². The van der Waals surface area contributed by atoms with Crippen molar-refractivity contribution in [1.29, 1.82) is 5.26 Å². The van der Waals surface area contributed by atoms with Gasteiger partial charge in [0, 0.05) is 14.1 Å². The highest BCUT2D eigenvalue weighted by Crippen LogP contribution is 2.30. The van der Waals surface area contributed by atoms with E-state index in [1.165, 1.54) is 15.9 Å². The van der Waals surface area contributed by atoms with Gasteiger partial charge >= 0.3 is 0 Å². The van der Waals surface area contributed by atoms with Crippen LogP contribution >= 0.6 is 0 Å². The maximum absolute atomic E-state index is 11.8. The molecule has 5 heteroatoms. The van der Waals surface area contributed by atoms with Crippen LogP contribution in [0.1, 0.15) is 13.8 Å². The number of nitrogens with zero attached hydrogens (tertiary/aromatic N) is 3. The number of rotatable bonds is 0. The molecule has 0 aromatic rings. The monoisotopic (exact) mass is 207 g/mol. The van der Waals surface area contributed by atoms with Crippen molar-refractivity contribution in [1.82, 2.24) is 9.80 Å². The summed E-state index contributed by atoms with van der Waals surface area (Å²) in [7, 11) is 3.10. The number of carbonyl (C=O) groups excluding carboxylic acids is 2. The van der Waals surface area contributed by atoms with Crippen molar-refractivity contribution in [2.24, 2.45) is 5.41 Å². The fraction of sp³-hybridized carbons (Fsp3) is 0.500. The summed E-state index contributed by atoms with van der Waals surface area (Å²) in [5.74, 6) is -0.286. The van der Waals surface area contributed by atoms with E-state index in [-0.39, 0.29) is 11.8 Å². The molecule has 1 aliphatic rings. The lowest BCUT2D eigenvalue weighted by Gasteiger charge is -2.40. The van der Waals surface area contributed by atoms with Crippen LogP contribution in [0.5, 0.6) is 0 Å². The Bertz CT molecular complexity index is 364. The molecule has 1 heterocycles. The van der Waals surface area contributed by atoms with Gasteiger partial charge < -0.3 is 0 Å². The standard InChI is InChI=1S/C10H13N3O2/c1-10(2)8(14)12(3)7(5-6-11)13(4)9(10)15/h5H,1-4H3. The van der Waals surface area contributed by atoms with Crippen molar-refractivity contribution in [2.75, 3.05) is 14.1 Å². The van der Waals surface area contributed by atoms with Crippen LogP contribution in [0.15, 0.2) is 11.9 Å². The fourth-order valence-electron chi connectivity index (χ4n) is 1.61. The summed E-state index contributed by atoms with van der Waals surface area (Å²) in [4.78, 5) is 26.3. The van der Waals surface area contributed by atoms with E-state index in [9.17, 15) is 9.59 Å². The summed E-state index contributed by atoms with van der Waals surface area (Å²) in [6.45, 7) is 3.15. The van der Waals surface area contributed by atoms with Gasteiger partial charge in [-0.3, -0.25) is 19.4 Å². The molecule has 0 aromatic heterocycles. The highest BCUT2D eigenvalue weighted by Gasteiger charge is 2.46. The lowest BCUT2D eigenvalue weighted by atomic mass is 9.88. The second-order valence-electron chi connectivity index (χ2n) is 3.98. The minimum absolute atomic E-state index is 0.299. The van der Waals surface area contributed by atoms with Crippen LogP contribution in [0, 0.1) is 16.7 Å². The Kier molecular flexibility index (Phi) is 2.54. The summed E-state index contributed by atoms with van der Waals surface area (Å²) in [6, 6.07) is 1.82. The highest BCUT2D eigenvalue weighted by molar-refractivity contribution is 6.07. The van der Waals surface area contributed by atoms with Gasteiger partial charge in [-0.2, -0.15) is 5.26 Å². The Morgan fingerprint density at radius 2 is 1.60 bits per heavy atom. The minimum Gasteiger partial charge on any atom is -0.300 e. The Hall–Kier alpha value is -1.83. The number of allylic oxidation sites excluding steroid dienone is 1. The second-order valence-corrected chi connectivity index (χ2v) is 3.98. The molecule has 0 atom stereocenters. The molecule has 5 nitrogen and oxygen atoms in total. The van der Waals surface area contributed by atoms with Crippen LogP contribution in [0.2, 0.25) is 0 Å². The summed E-state index contributed by atoms with van der Waals surface area (Å²) in [5.41, 5.74) is -1.06.